The van der Waals surface area contributed by atoms with E-state index < -0.39 is 11.9 Å². The van der Waals surface area contributed by atoms with Crippen LogP contribution in [-0.2, 0) is 9.53 Å². The number of anilines is 2. The zero-order valence-corrected chi connectivity index (χ0v) is 17.6. The van der Waals surface area contributed by atoms with Crippen LogP contribution >= 0.6 is 0 Å². The lowest BCUT2D eigenvalue weighted by Gasteiger charge is -2.32. The number of esters is 1. The Morgan fingerprint density at radius 3 is 2.17 bits per heavy atom. The van der Waals surface area contributed by atoms with Crippen LogP contribution in [0.25, 0.3) is 0 Å². The molecule has 160 valence electrons. The number of benzene rings is 2. The summed E-state index contributed by atoms with van der Waals surface area (Å²) in [5.74, 6) is 0.679. The van der Waals surface area contributed by atoms with Crippen molar-refractivity contribution in [1.29, 1.82) is 0 Å². The molecule has 1 aliphatic rings. The van der Waals surface area contributed by atoms with E-state index in [1.54, 1.807) is 6.07 Å². The molecule has 0 spiro atoms. The Balaban J connectivity index is 1.51. The minimum absolute atomic E-state index is 0.249. The molecule has 2 aromatic carbocycles. The third kappa shape index (κ3) is 5.65. The van der Waals surface area contributed by atoms with E-state index >= 15 is 0 Å². The van der Waals surface area contributed by atoms with Crippen molar-refractivity contribution in [3.63, 3.8) is 0 Å². The molecule has 0 aromatic heterocycles. The Hall–Kier alpha value is -3.22. The van der Waals surface area contributed by atoms with Gasteiger partial charge in [-0.2, -0.15) is 0 Å². The fraction of sp³-hybridized carbons (Fsp3) is 0.391. The van der Waals surface area contributed by atoms with E-state index in [1.165, 1.54) is 39.2 Å². The molecular weight excluding hydrogens is 384 g/mol. The Bertz CT molecular complexity index is 851. The molecule has 0 radical (unpaired) electrons. The molecular formula is C23H28N2O5. The van der Waals surface area contributed by atoms with E-state index in [4.69, 9.17) is 14.2 Å². The summed E-state index contributed by atoms with van der Waals surface area (Å²) in [5.41, 5.74) is 2.06. The first-order chi connectivity index (χ1) is 14.5. The molecule has 3 rings (SSSR count). The first-order valence-electron chi connectivity index (χ1n) is 10.0. The number of piperidine rings is 1. The molecule has 1 fully saturated rings. The molecule has 0 unspecified atom stereocenters. The number of carbonyl (C=O) groups excluding carboxylic acids is 2. The summed E-state index contributed by atoms with van der Waals surface area (Å²) < 4.78 is 15.4. The highest BCUT2D eigenvalue weighted by Gasteiger charge is 2.16. The van der Waals surface area contributed by atoms with Crippen molar-refractivity contribution in [3.8, 4) is 11.5 Å². The van der Waals surface area contributed by atoms with Crippen LogP contribution in [0, 0.1) is 5.92 Å². The van der Waals surface area contributed by atoms with Crippen LogP contribution in [0.1, 0.15) is 30.1 Å². The largest absolute Gasteiger partial charge is 0.497 e. The third-order valence-corrected chi connectivity index (χ3v) is 5.22. The van der Waals surface area contributed by atoms with Gasteiger partial charge in [-0.15, -0.1) is 0 Å². The fourth-order valence-electron chi connectivity index (χ4n) is 3.36. The number of amides is 1. The van der Waals surface area contributed by atoms with Crippen LogP contribution in [-0.4, -0.2) is 45.8 Å². The highest BCUT2D eigenvalue weighted by atomic mass is 16.5. The predicted molar refractivity (Wildman–Crippen MR) is 116 cm³/mol. The number of rotatable bonds is 7. The zero-order chi connectivity index (χ0) is 21.5. The van der Waals surface area contributed by atoms with Gasteiger partial charge in [0.25, 0.3) is 5.91 Å². The van der Waals surface area contributed by atoms with Gasteiger partial charge in [0.15, 0.2) is 6.61 Å². The van der Waals surface area contributed by atoms with Gasteiger partial charge in [0.05, 0.1) is 19.8 Å². The minimum atomic E-state index is -0.628. The standard InChI is InChI=1S/C23H28N2O5/c1-16-8-10-25(11-9-16)19-6-4-18(5-7-19)24-22(26)15-30-23(27)17-12-20(28-2)14-21(13-17)29-3/h4-7,12-14,16H,8-11,15H2,1-3H3,(H,24,26). The molecule has 2 aromatic rings. The Kier molecular flexibility index (Phi) is 7.17. The summed E-state index contributed by atoms with van der Waals surface area (Å²) in [6.45, 7) is 4.01. The number of nitrogens with zero attached hydrogens (tertiary/aromatic N) is 1. The highest BCUT2D eigenvalue weighted by Crippen LogP contribution is 2.25. The molecule has 0 aliphatic carbocycles. The third-order valence-electron chi connectivity index (χ3n) is 5.22. The Labute approximate surface area is 176 Å². The van der Waals surface area contributed by atoms with Crippen molar-refractivity contribution in [2.24, 2.45) is 5.92 Å². The van der Waals surface area contributed by atoms with Gasteiger partial charge in [-0.25, -0.2) is 4.79 Å². The van der Waals surface area contributed by atoms with E-state index in [0.29, 0.717) is 17.2 Å². The number of hydrogen-bond donors (Lipinski definition) is 1. The number of nitrogens with one attached hydrogen (secondary N) is 1. The molecule has 0 saturated carbocycles. The maximum atomic E-state index is 12.3. The Morgan fingerprint density at radius 1 is 1.00 bits per heavy atom. The molecule has 1 aliphatic heterocycles. The molecule has 1 amide bonds. The van der Waals surface area contributed by atoms with E-state index in [1.807, 2.05) is 24.3 Å². The zero-order valence-electron chi connectivity index (χ0n) is 17.6. The van der Waals surface area contributed by atoms with E-state index in [2.05, 4.69) is 17.1 Å². The van der Waals surface area contributed by atoms with Crippen molar-refractivity contribution in [3.05, 3.63) is 48.0 Å². The van der Waals surface area contributed by atoms with Gasteiger partial charge in [-0.3, -0.25) is 4.79 Å². The van der Waals surface area contributed by atoms with Crippen LogP contribution in [0.2, 0.25) is 0 Å². The average molecular weight is 412 g/mol. The van der Waals surface area contributed by atoms with E-state index in [-0.39, 0.29) is 12.2 Å². The second-order valence-electron chi connectivity index (χ2n) is 7.44. The summed E-state index contributed by atoms with van der Waals surface area (Å²) in [6, 6.07) is 12.4. The smallest absolute Gasteiger partial charge is 0.338 e. The van der Waals surface area contributed by atoms with Gasteiger partial charge in [0.1, 0.15) is 11.5 Å². The quantitative estimate of drug-likeness (QED) is 0.698. The first-order valence-corrected chi connectivity index (χ1v) is 10.0. The van der Waals surface area contributed by atoms with E-state index in [0.717, 1.165) is 24.7 Å². The second kappa shape index (κ2) is 10.0. The lowest BCUT2D eigenvalue weighted by molar-refractivity contribution is -0.119. The van der Waals surface area contributed by atoms with Crippen molar-refractivity contribution in [2.45, 2.75) is 19.8 Å². The fourth-order valence-corrected chi connectivity index (χ4v) is 3.36. The number of ether oxygens (including phenoxy) is 3. The van der Waals surface area contributed by atoms with E-state index in [9.17, 15) is 9.59 Å². The van der Waals surface area contributed by atoms with Gasteiger partial charge >= 0.3 is 5.97 Å². The first kappa shape index (κ1) is 21.5. The number of hydrogen-bond acceptors (Lipinski definition) is 6. The summed E-state index contributed by atoms with van der Waals surface area (Å²) in [4.78, 5) is 26.8. The molecule has 30 heavy (non-hydrogen) atoms. The molecule has 1 saturated heterocycles. The van der Waals surface area contributed by atoms with Crippen LogP contribution < -0.4 is 19.7 Å². The summed E-state index contributed by atoms with van der Waals surface area (Å²) in [5, 5.41) is 2.75. The monoisotopic (exact) mass is 412 g/mol. The van der Waals surface area contributed by atoms with Crippen molar-refractivity contribution < 1.29 is 23.8 Å². The normalized spacial score (nSPS) is 14.2. The number of carbonyl (C=O) groups is 2. The maximum Gasteiger partial charge on any atom is 0.338 e. The molecule has 1 heterocycles. The van der Waals surface area contributed by atoms with Gasteiger partial charge in [-0.05, 0) is 55.2 Å². The SMILES string of the molecule is COc1cc(OC)cc(C(=O)OCC(=O)Nc2ccc(N3CCC(C)CC3)cc2)c1. The van der Waals surface area contributed by atoms with Gasteiger partial charge in [-0.1, -0.05) is 6.92 Å². The van der Waals surface area contributed by atoms with Crippen molar-refractivity contribution >= 4 is 23.3 Å². The molecule has 0 bridgehead atoms. The second-order valence-corrected chi connectivity index (χ2v) is 7.44. The predicted octanol–water partition coefficient (Wildman–Crippen LogP) is 3.74. The summed E-state index contributed by atoms with van der Waals surface area (Å²) in [7, 11) is 2.99. The lowest BCUT2D eigenvalue weighted by atomic mass is 9.99. The molecule has 7 heteroatoms. The number of methoxy groups -OCH3 is 2. The summed E-state index contributed by atoms with van der Waals surface area (Å²) >= 11 is 0. The van der Waals surface area contributed by atoms with Crippen molar-refractivity contribution in [2.75, 3.05) is 44.1 Å². The Morgan fingerprint density at radius 2 is 1.60 bits per heavy atom. The lowest BCUT2D eigenvalue weighted by Crippen LogP contribution is -2.32. The average Bonchev–Trinajstić information content (AvgIpc) is 2.78. The van der Waals surface area contributed by atoms with Crippen LogP contribution in [0.15, 0.2) is 42.5 Å². The highest BCUT2D eigenvalue weighted by molar-refractivity contribution is 5.96. The van der Waals surface area contributed by atoms with Gasteiger partial charge in [0.2, 0.25) is 0 Å². The maximum absolute atomic E-state index is 12.3. The molecule has 0 atom stereocenters. The minimum Gasteiger partial charge on any atom is -0.497 e. The summed E-state index contributed by atoms with van der Waals surface area (Å²) in [6.07, 6.45) is 2.39. The molecule has 7 nitrogen and oxygen atoms in total. The van der Waals surface area contributed by atoms with Gasteiger partial charge in [0, 0.05) is 30.5 Å². The van der Waals surface area contributed by atoms with Crippen LogP contribution in [0.5, 0.6) is 11.5 Å². The van der Waals surface area contributed by atoms with Crippen molar-refractivity contribution in [1.82, 2.24) is 0 Å². The van der Waals surface area contributed by atoms with Crippen LogP contribution in [0.4, 0.5) is 11.4 Å². The van der Waals surface area contributed by atoms with Gasteiger partial charge < -0.3 is 24.4 Å². The van der Waals surface area contributed by atoms with Crippen LogP contribution in [0.3, 0.4) is 0 Å². The molecule has 1 N–H and O–H groups in total. The topological polar surface area (TPSA) is 77.1 Å².